The molecule has 7 heteroatoms. The van der Waals surface area contributed by atoms with Crippen LogP contribution in [0.4, 0.5) is 19.3 Å². The smallest absolute Gasteiger partial charge is 0.325 e. The lowest BCUT2D eigenvalue weighted by Crippen LogP contribution is -2.40. The first-order valence-electron chi connectivity index (χ1n) is 7.83. The summed E-state index contributed by atoms with van der Waals surface area (Å²) in [4.78, 5) is 16.9. The predicted octanol–water partition coefficient (Wildman–Crippen LogP) is 3.74. The lowest BCUT2D eigenvalue weighted by Gasteiger charge is -2.24. The number of hydrogen-bond acceptors (Lipinski definition) is 3. The van der Waals surface area contributed by atoms with Gasteiger partial charge in [0.05, 0.1) is 11.9 Å². The maximum absolute atomic E-state index is 14.0. The second kappa shape index (κ2) is 9.56. The van der Waals surface area contributed by atoms with Crippen molar-refractivity contribution in [3.63, 3.8) is 0 Å². The minimum Gasteiger partial charge on any atom is -0.367 e. The molecule has 5 nitrogen and oxygen atoms in total. The number of rotatable bonds is 8. The van der Waals surface area contributed by atoms with Crippen LogP contribution in [0.3, 0.4) is 0 Å². The lowest BCUT2D eigenvalue weighted by molar-refractivity contribution is 0.255. The lowest BCUT2D eigenvalue weighted by atomic mass is 10.1. The Morgan fingerprint density at radius 1 is 1.48 bits per heavy atom. The van der Waals surface area contributed by atoms with Crippen molar-refractivity contribution >= 4 is 11.7 Å². The zero-order valence-corrected chi connectivity index (χ0v) is 14.7. The molecule has 0 atom stereocenters. The van der Waals surface area contributed by atoms with Crippen LogP contribution in [0.1, 0.15) is 19.4 Å². The highest BCUT2D eigenvalue weighted by molar-refractivity contribution is 5.93. The van der Waals surface area contributed by atoms with Gasteiger partial charge >= 0.3 is 6.03 Å². The molecule has 0 aliphatic heterocycles. The summed E-state index contributed by atoms with van der Waals surface area (Å²) < 4.78 is 26.4. The van der Waals surface area contributed by atoms with Crippen molar-refractivity contribution in [2.24, 2.45) is 11.7 Å². The number of hydrogen-bond donors (Lipinski definition) is 2. The first-order valence-corrected chi connectivity index (χ1v) is 7.83. The third kappa shape index (κ3) is 6.37. The van der Waals surface area contributed by atoms with E-state index >= 15 is 0 Å². The normalized spacial score (nSPS) is 12.2. The van der Waals surface area contributed by atoms with Crippen LogP contribution in [0, 0.1) is 12.8 Å². The molecule has 0 saturated carbocycles. The van der Waals surface area contributed by atoms with E-state index in [2.05, 4.69) is 16.9 Å². The molecule has 0 aromatic carbocycles. The molecule has 0 fully saturated rings. The number of aryl methyl sites for hydroxylation is 1. The van der Waals surface area contributed by atoms with E-state index in [0.717, 1.165) is 16.5 Å². The minimum atomic E-state index is -0.898. The van der Waals surface area contributed by atoms with Crippen LogP contribution in [0.5, 0.6) is 0 Å². The van der Waals surface area contributed by atoms with Crippen molar-refractivity contribution in [3.05, 3.63) is 60.0 Å². The van der Waals surface area contributed by atoms with Gasteiger partial charge in [0.25, 0.3) is 0 Å². The Morgan fingerprint density at radius 3 is 2.68 bits per heavy atom. The van der Waals surface area contributed by atoms with Gasteiger partial charge in [0.1, 0.15) is 18.3 Å². The van der Waals surface area contributed by atoms with Gasteiger partial charge in [0.2, 0.25) is 0 Å². The molecule has 0 bridgehead atoms. The monoisotopic (exact) mass is 350 g/mol. The summed E-state index contributed by atoms with van der Waals surface area (Å²) in [5, 5.41) is 2.86. The Labute approximate surface area is 146 Å². The van der Waals surface area contributed by atoms with E-state index < -0.39 is 18.5 Å². The van der Waals surface area contributed by atoms with Gasteiger partial charge in [-0.05, 0) is 30.5 Å². The molecule has 0 radical (unpaired) electrons. The number of amides is 2. The first kappa shape index (κ1) is 20.3. The predicted molar refractivity (Wildman–Crippen MR) is 96.3 cm³/mol. The number of alkyl halides is 1. The fraction of sp³-hybridized carbons (Fsp3) is 0.333. The largest absolute Gasteiger partial charge is 0.367 e. The highest BCUT2D eigenvalue weighted by Gasteiger charge is 2.17. The first-order chi connectivity index (χ1) is 11.8. The number of aromatic nitrogens is 1. The Kier molecular flexibility index (Phi) is 7.78. The quantitative estimate of drug-likeness (QED) is 0.702. The van der Waals surface area contributed by atoms with Gasteiger partial charge in [-0.15, -0.1) is 0 Å². The van der Waals surface area contributed by atoms with E-state index in [1.54, 1.807) is 18.3 Å². The molecule has 0 spiro atoms. The Morgan fingerprint density at radius 2 is 2.16 bits per heavy atom. The second-order valence-electron chi connectivity index (χ2n) is 5.84. The molecule has 1 aromatic heterocycles. The number of nitrogens with one attached hydrogen (secondary N) is 1. The van der Waals surface area contributed by atoms with Gasteiger partial charge in [-0.3, -0.25) is 4.98 Å². The van der Waals surface area contributed by atoms with Gasteiger partial charge in [0.15, 0.2) is 0 Å². The summed E-state index contributed by atoms with van der Waals surface area (Å²) in [6.45, 7) is 8.50. The molecule has 3 N–H and O–H groups in total. The summed E-state index contributed by atoms with van der Waals surface area (Å²) in [6.07, 6.45) is 5.64. The second-order valence-corrected chi connectivity index (χ2v) is 5.84. The summed E-state index contributed by atoms with van der Waals surface area (Å²) in [6, 6.07) is 0.970. The van der Waals surface area contributed by atoms with Crippen molar-refractivity contribution in [1.29, 1.82) is 0 Å². The molecule has 1 aromatic rings. The third-order valence-electron chi connectivity index (χ3n) is 3.19. The topological polar surface area (TPSA) is 71.2 Å². The molecule has 2 amide bonds. The summed E-state index contributed by atoms with van der Waals surface area (Å²) in [7, 11) is 0. The third-order valence-corrected chi connectivity index (χ3v) is 3.19. The van der Waals surface area contributed by atoms with Crippen LogP contribution < -0.4 is 16.0 Å². The molecule has 0 saturated heterocycles. The average molecular weight is 350 g/mol. The molecule has 0 aliphatic carbocycles. The average Bonchev–Trinajstić information content (AvgIpc) is 2.51. The fourth-order valence-corrected chi connectivity index (χ4v) is 2.18. The molecular weight excluding hydrogens is 326 g/mol. The number of nitrogens with two attached hydrogens (primary N) is 1. The van der Waals surface area contributed by atoms with Gasteiger partial charge in [-0.25, -0.2) is 18.5 Å². The van der Waals surface area contributed by atoms with Crippen molar-refractivity contribution in [2.75, 3.05) is 18.1 Å². The highest BCUT2D eigenvalue weighted by Crippen LogP contribution is 2.19. The molecule has 136 valence electrons. The van der Waals surface area contributed by atoms with Crippen LogP contribution in [0.2, 0.25) is 0 Å². The standard InChI is InChI=1S/C18H24F2N4O/c1-12(2)7-15(17(20)5-6-19)10-23-14(4)24(18(21)25)16-8-13(3)9-22-11-16/h5,7-9,11-12,23H,4,6,10H2,1-3H3,(H2,21,25)/b15-7-,17-5+. The van der Waals surface area contributed by atoms with Gasteiger partial charge in [-0.1, -0.05) is 26.5 Å². The number of allylic oxidation sites excluding steroid dienone is 2. The number of pyridine rings is 1. The van der Waals surface area contributed by atoms with Crippen LogP contribution in [0.15, 0.2) is 54.4 Å². The number of nitrogens with zero attached hydrogens (tertiary/aromatic N) is 2. The number of urea groups is 1. The van der Waals surface area contributed by atoms with E-state index in [9.17, 15) is 13.6 Å². The van der Waals surface area contributed by atoms with E-state index in [0.29, 0.717) is 5.69 Å². The van der Waals surface area contributed by atoms with E-state index in [1.165, 1.54) is 6.20 Å². The Bertz CT molecular complexity index is 683. The summed E-state index contributed by atoms with van der Waals surface area (Å²) >= 11 is 0. The minimum absolute atomic E-state index is 0.0301. The fourth-order valence-electron chi connectivity index (χ4n) is 2.18. The van der Waals surface area contributed by atoms with Crippen molar-refractivity contribution in [3.8, 4) is 0 Å². The Hall–Kier alpha value is -2.70. The molecule has 1 heterocycles. The maximum atomic E-state index is 14.0. The molecule has 0 unspecified atom stereocenters. The van der Waals surface area contributed by atoms with Gasteiger partial charge in [0, 0.05) is 18.3 Å². The van der Waals surface area contributed by atoms with Gasteiger partial charge in [-0.2, -0.15) is 0 Å². The molecular formula is C18H24F2N4O. The number of anilines is 1. The van der Waals surface area contributed by atoms with Gasteiger partial charge < -0.3 is 11.1 Å². The zero-order valence-electron chi connectivity index (χ0n) is 14.7. The van der Waals surface area contributed by atoms with Crippen molar-refractivity contribution in [2.45, 2.75) is 20.8 Å². The van der Waals surface area contributed by atoms with Crippen molar-refractivity contribution < 1.29 is 13.6 Å². The molecule has 25 heavy (non-hydrogen) atoms. The van der Waals surface area contributed by atoms with E-state index in [-0.39, 0.29) is 23.9 Å². The number of carbonyl (C=O) groups excluding carboxylic acids is 1. The highest BCUT2D eigenvalue weighted by atomic mass is 19.1. The zero-order chi connectivity index (χ0) is 19.0. The summed E-state index contributed by atoms with van der Waals surface area (Å²) in [5.41, 5.74) is 6.99. The van der Waals surface area contributed by atoms with Crippen LogP contribution in [-0.2, 0) is 0 Å². The van der Waals surface area contributed by atoms with Crippen molar-refractivity contribution in [1.82, 2.24) is 10.3 Å². The number of primary amides is 1. The maximum Gasteiger partial charge on any atom is 0.325 e. The Balaban J connectivity index is 2.97. The number of carbonyl (C=O) groups is 1. The molecule has 0 aliphatic rings. The van der Waals surface area contributed by atoms with Crippen LogP contribution in [-0.4, -0.2) is 24.2 Å². The SMILES string of the molecule is C=C(NCC(=C/C(C)C)/C(F)=C\CF)N(C(N)=O)c1cncc(C)c1. The number of halogens is 2. The summed E-state index contributed by atoms with van der Waals surface area (Å²) in [5.74, 6) is -0.418. The van der Waals surface area contributed by atoms with Crippen LogP contribution >= 0.6 is 0 Å². The van der Waals surface area contributed by atoms with E-state index in [1.807, 2.05) is 20.8 Å². The van der Waals surface area contributed by atoms with Crippen LogP contribution in [0.25, 0.3) is 0 Å². The molecule has 1 rings (SSSR count). The van der Waals surface area contributed by atoms with E-state index in [4.69, 9.17) is 5.73 Å².